The van der Waals surface area contributed by atoms with Crippen molar-refractivity contribution in [1.29, 1.82) is 5.41 Å². The van der Waals surface area contributed by atoms with Crippen LogP contribution in [0.4, 0.5) is 8.78 Å². The Morgan fingerprint density at radius 1 is 1.13 bits per heavy atom. The quantitative estimate of drug-likeness (QED) is 0.638. The predicted molar refractivity (Wildman–Crippen MR) is 116 cm³/mol. The molecule has 0 unspecified atom stereocenters. The van der Waals surface area contributed by atoms with Crippen molar-refractivity contribution in [2.45, 2.75) is 40.4 Å². The van der Waals surface area contributed by atoms with Crippen LogP contribution in [0.25, 0.3) is 5.57 Å². The zero-order chi connectivity index (χ0) is 22.1. The minimum atomic E-state index is -2.93. The molecule has 1 aliphatic rings. The second kappa shape index (κ2) is 11.2. The first-order chi connectivity index (χ1) is 14.5. The van der Waals surface area contributed by atoms with Crippen LogP contribution in [0, 0.1) is 5.41 Å². The summed E-state index contributed by atoms with van der Waals surface area (Å²) in [6.45, 7) is 2.79. The molecule has 0 bridgehead atoms. The van der Waals surface area contributed by atoms with E-state index in [1.165, 1.54) is 6.07 Å². The third-order valence-electron chi connectivity index (χ3n) is 4.39. The topological polar surface area (TPSA) is 66.2 Å². The average Bonchev–Trinajstić information content (AvgIpc) is 2.76. The summed E-state index contributed by atoms with van der Waals surface area (Å²) in [7, 11) is 0. The van der Waals surface area contributed by atoms with Gasteiger partial charge in [-0.1, -0.05) is 44.2 Å². The predicted octanol–water partition coefficient (Wildman–Crippen LogP) is 5.71. The highest BCUT2D eigenvalue weighted by Crippen LogP contribution is 2.32. The monoisotopic (exact) mass is 412 g/mol. The second-order valence-electron chi connectivity index (χ2n) is 6.29. The summed E-state index contributed by atoms with van der Waals surface area (Å²) in [6.07, 6.45) is 9.28. The molecule has 1 aromatic heterocycles. The lowest BCUT2D eigenvalue weighted by Gasteiger charge is -2.16. The standard InChI is InChI=1S/C22H20F2N2O2.C2H6/c1-2-16-5-6-17(11-20(16)25)19-10-14(4-8-21(19)28-22(23)24)9-15-3-7-18(13-27)26-12-15;1-2/h2-8,10-12,22,25,27H,9,13H2,1H3;1-2H3. The smallest absolute Gasteiger partial charge is 0.387 e. The third kappa shape index (κ3) is 5.94. The van der Waals surface area contributed by atoms with Crippen LogP contribution in [-0.4, -0.2) is 22.4 Å². The van der Waals surface area contributed by atoms with Crippen molar-refractivity contribution in [3.63, 3.8) is 0 Å². The average molecular weight is 412 g/mol. The van der Waals surface area contributed by atoms with Crippen molar-refractivity contribution in [3.05, 3.63) is 88.8 Å². The van der Waals surface area contributed by atoms with E-state index in [9.17, 15) is 8.78 Å². The van der Waals surface area contributed by atoms with Gasteiger partial charge in [0.25, 0.3) is 0 Å². The van der Waals surface area contributed by atoms with Gasteiger partial charge in [-0.15, -0.1) is 0 Å². The van der Waals surface area contributed by atoms with Crippen molar-refractivity contribution in [3.8, 4) is 5.75 Å². The fraction of sp³-hybridized carbons (Fsp3) is 0.250. The number of halogens is 2. The summed E-state index contributed by atoms with van der Waals surface area (Å²) in [4.78, 5) is 4.16. The van der Waals surface area contributed by atoms with Crippen LogP contribution in [-0.2, 0) is 13.0 Å². The Morgan fingerprint density at radius 3 is 2.43 bits per heavy atom. The van der Waals surface area contributed by atoms with Gasteiger partial charge < -0.3 is 15.3 Å². The van der Waals surface area contributed by atoms with Crippen LogP contribution in [0.5, 0.6) is 5.75 Å². The van der Waals surface area contributed by atoms with Crippen LogP contribution in [0.15, 0.2) is 66.4 Å². The highest BCUT2D eigenvalue weighted by molar-refractivity contribution is 6.15. The van der Waals surface area contributed by atoms with E-state index < -0.39 is 6.61 Å². The Kier molecular flexibility index (Phi) is 8.62. The number of nitrogens with zero attached hydrogens (tertiary/aromatic N) is 1. The van der Waals surface area contributed by atoms with Crippen molar-refractivity contribution >= 4 is 11.3 Å². The number of rotatable bonds is 6. The zero-order valence-electron chi connectivity index (χ0n) is 17.3. The first-order valence-corrected chi connectivity index (χ1v) is 9.78. The van der Waals surface area contributed by atoms with Gasteiger partial charge >= 0.3 is 6.61 Å². The fourth-order valence-corrected chi connectivity index (χ4v) is 2.98. The number of benzene rings is 1. The summed E-state index contributed by atoms with van der Waals surface area (Å²) in [6, 6.07) is 8.67. The van der Waals surface area contributed by atoms with Gasteiger partial charge in [0.05, 0.1) is 18.0 Å². The Morgan fingerprint density at radius 2 is 1.87 bits per heavy atom. The van der Waals surface area contributed by atoms with E-state index in [4.69, 9.17) is 10.5 Å². The minimum absolute atomic E-state index is 0.0696. The molecule has 4 nitrogen and oxygen atoms in total. The maximum atomic E-state index is 12.8. The van der Waals surface area contributed by atoms with Crippen LogP contribution in [0.2, 0.25) is 0 Å². The van der Waals surface area contributed by atoms with Gasteiger partial charge in [-0.05, 0) is 59.9 Å². The number of pyridine rings is 1. The largest absolute Gasteiger partial charge is 0.434 e. The zero-order valence-corrected chi connectivity index (χ0v) is 17.3. The van der Waals surface area contributed by atoms with Crippen molar-refractivity contribution in [2.24, 2.45) is 0 Å². The number of allylic oxidation sites excluding steroid dienone is 6. The van der Waals surface area contributed by atoms with Crippen LogP contribution in [0.3, 0.4) is 0 Å². The summed E-state index contributed by atoms with van der Waals surface area (Å²) in [5.74, 6) is 0.0696. The number of ether oxygens (including phenoxy) is 1. The number of nitrogens with one attached hydrogen (secondary N) is 1. The van der Waals surface area contributed by atoms with Crippen LogP contribution in [0.1, 0.15) is 43.2 Å². The number of hydrogen-bond acceptors (Lipinski definition) is 4. The first-order valence-electron chi connectivity index (χ1n) is 9.78. The molecule has 1 heterocycles. The highest BCUT2D eigenvalue weighted by Gasteiger charge is 2.16. The van der Waals surface area contributed by atoms with Gasteiger partial charge in [0.2, 0.25) is 0 Å². The van der Waals surface area contributed by atoms with Crippen LogP contribution < -0.4 is 4.74 Å². The minimum Gasteiger partial charge on any atom is -0.434 e. The molecule has 0 amide bonds. The van der Waals surface area contributed by atoms with E-state index in [1.807, 2.05) is 32.9 Å². The lowest BCUT2D eigenvalue weighted by atomic mass is 9.93. The van der Waals surface area contributed by atoms with Gasteiger partial charge in [-0.25, -0.2) is 0 Å². The molecule has 0 spiro atoms. The van der Waals surface area contributed by atoms with Crippen molar-refractivity contribution in [1.82, 2.24) is 4.98 Å². The summed E-state index contributed by atoms with van der Waals surface area (Å²) in [5.41, 5.74) is 4.65. The Labute approximate surface area is 175 Å². The maximum Gasteiger partial charge on any atom is 0.387 e. The molecular weight excluding hydrogens is 386 g/mol. The molecular formula is C24H26F2N2O2. The molecule has 158 valence electrons. The van der Waals surface area contributed by atoms with Gasteiger partial charge in [0, 0.05) is 11.8 Å². The molecule has 2 N–H and O–H groups in total. The molecule has 0 saturated heterocycles. The van der Waals surface area contributed by atoms with Gasteiger partial charge in [0.1, 0.15) is 5.75 Å². The Balaban J connectivity index is 0.00000155. The van der Waals surface area contributed by atoms with Gasteiger partial charge in [-0.3, -0.25) is 4.98 Å². The van der Waals surface area contributed by atoms with Crippen LogP contribution >= 0.6 is 0 Å². The van der Waals surface area contributed by atoms with E-state index in [0.29, 0.717) is 29.0 Å². The number of hydrogen-bond donors (Lipinski definition) is 2. The molecule has 30 heavy (non-hydrogen) atoms. The second-order valence-corrected chi connectivity index (χ2v) is 6.29. The molecule has 0 saturated carbocycles. The Bertz CT molecular complexity index is 962. The lowest BCUT2D eigenvalue weighted by Crippen LogP contribution is -2.07. The van der Waals surface area contributed by atoms with E-state index in [-0.39, 0.29) is 12.4 Å². The molecule has 0 radical (unpaired) electrons. The molecule has 3 rings (SSSR count). The Hall–Kier alpha value is -3.12. The van der Waals surface area contributed by atoms with Gasteiger partial charge in [-0.2, -0.15) is 8.78 Å². The SMILES string of the molecule is CC.CC=C1C=CC(c2cc(Cc3ccc(CO)nc3)ccc2OC(F)F)=CC1=N. The first kappa shape index (κ1) is 23.2. The third-order valence-corrected chi connectivity index (χ3v) is 4.39. The molecule has 6 heteroatoms. The lowest BCUT2D eigenvalue weighted by molar-refractivity contribution is -0.0500. The number of aliphatic hydroxyl groups is 1. The maximum absolute atomic E-state index is 12.8. The summed E-state index contributed by atoms with van der Waals surface area (Å²) >= 11 is 0. The molecule has 0 atom stereocenters. The van der Waals surface area contributed by atoms with E-state index >= 15 is 0 Å². The normalized spacial score (nSPS) is 14.4. The molecule has 2 aromatic rings. The van der Waals surface area contributed by atoms with Gasteiger partial charge in [0.15, 0.2) is 0 Å². The molecule has 1 aromatic carbocycles. The van der Waals surface area contributed by atoms with Crippen molar-refractivity contribution in [2.75, 3.05) is 0 Å². The number of alkyl halides is 2. The molecule has 0 aliphatic heterocycles. The summed E-state index contributed by atoms with van der Waals surface area (Å²) in [5, 5.41) is 17.2. The van der Waals surface area contributed by atoms with E-state index in [1.54, 1.807) is 42.6 Å². The van der Waals surface area contributed by atoms with E-state index in [2.05, 4.69) is 9.72 Å². The van der Waals surface area contributed by atoms with Crippen molar-refractivity contribution < 1.29 is 18.6 Å². The summed E-state index contributed by atoms with van der Waals surface area (Å²) < 4.78 is 30.4. The molecule has 1 aliphatic carbocycles. The highest BCUT2D eigenvalue weighted by atomic mass is 19.3. The number of aliphatic hydroxyl groups excluding tert-OH is 1. The fourth-order valence-electron chi connectivity index (χ4n) is 2.98. The van der Waals surface area contributed by atoms with E-state index in [0.717, 1.165) is 16.7 Å². The number of aromatic nitrogens is 1. The molecule has 0 fully saturated rings.